The Morgan fingerprint density at radius 2 is 2.22 bits per heavy atom. The molecule has 0 amide bonds. The molecule has 18 heavy (non-hydrogen) atoms. The van der Waals surface area contributed by atoms with Gasteiger partial charge in [0.25, 0.3) is 0 Å². The molecule has 0 atom stereocenters. The fourth-order valence-corrected chi connectivity index (χ4v) is 1.62. The molecule has 1 aromatic rings. The van der Waals surface area contributed by atoms with E-state index in [1.54, 1.807) is 6.21 Å². The molecule has 0 aliphatic heterocycles. The van der Waals surface area contributed by atoms with Crippen molar-refractivity contribution in [3.05, 3.63) is 46.8 Å². The maximum atomic E-state index is 5.91. The Morgan fingerprint density at radius 3 is 2.83 bits per heavy atom. The molecule has 4 heteroatoms. The van der Waals surface area contributed by atoms with Gasteiger partial charge in [-0.3, -0.25) is 4.99 Å². The molecule has 0 unspecified atom stereocenters. The van der Waals surface area contributed by atoms with Gasteiger partial charge in [-0.15, -0.1) is 0 Å². The summed E-state index contributed by atoms with van der Waals surface area (Å²) in [6.45, 7) is 3.18. The summed E-state index contributed by atoms with van der Waals surface area (Å²) >= 11 is 5.91. The Balaban J connectivity index is 2.62. The molecule has 0 fully saturated rings. The van der Waals surface area contributed by atoms with Crippen molar-refractivity contribution in [2.75, 3.05) is 20.7 Å². The lowest BCUT2D eigenvalue weighted by Gasteiger charge is -2.08. The Hall–Kier alpha value is -1.48. The molecule has 98 valence electrons. The molecule has 0 aliphatic carbocycles. The Bertz CT molecular complexity index is 428. The van der Waals surface area contributed by atoms with Crippen LogP contribution in [-0.4, -0.2) is 31.8 Å². The first-order chi connectivity index (χ1) is 8.61. The maximum absolute atomic E-state index is 5.91. The first kappa shape index (κ1) is 14.6. The number of nitrogens with zero attached hydrogens (tertiary/aromatic N) is 2. The molecular formula is C14H19ClN2O. The van der Waals surface area contributed by atoms with Crippen LogP contribution in [0.3, 0.4) is 0 Å². The van der Waals surface area contributed by atoms with Crippen molar-refractivity contribution in [2.24, 2.45) is 4.99 Å². The van der Waals surface area contributed by atoms with Crippen LogP contribution in [0.4, 0.5) is 0 Å². The van der Waals surface area contributed by atoms with Gasteiger partial charge in [0.2, 0.25) is 0 Å². The highest BCUT2D eigenvalue weighted by atomic mass is 35.5. The third-order valence-corrected chi connectivity index (χ3v) is 2.31. The normalized spacial score (nSPS) is 11.9. The predicted octanol–water partition coefficient (Wildman–Crippen LogP) is 3.35. The van der Waals surface area contributed by atoms with Crippen molar-refractivity contribution in [1.82, 2.24) is 4.90 Å². The van der Waals surface area contributed by atoms with Crippen LogP contribution in [0.1, 0.15) is 12.5 Å². The number of ether oxygens (including phenoxy) is 1. The Labute approximate surface area is 114 Å². The highest BCUT2D eigenvalue weighted by molar-refractivity contribution is 6.30. The number of rotatable bonds is 6. The van der Waals surface area contributed by atoms with E-state index in [1.165, 1.54) is 0 Å². The van der Waals surface area contributed by atoms with E-state index < -0.39 is 0 Å². The van der Waals surface area contributed by atoms with Crippen LogP contribution < -0.4 is 0 Å². The van der Waals surface area contributed by atoms with Crippen LogP contribution in [0.2, 0.25) is 5.02 Å². The average molecular weight is 267 g/mol. The van der Waals surface area contributed by atoms with Gasteiger partial charge in [0, 0.05) is 25.3 Å². The molecule has 1 rings (SSSR count). The van der Waals surface area contributed by atoms with E-state index in [9.17, 15) is 0 Å². The predicted molar refractivity (Wildman–Crippen MR) is 77.0 cm³/mol. The number of allylic oxidation sites excluding steroid dienone is 1. The highest BCUT2D eigenvalue weighted by Gasteiger charge is 1.95. The second kappa shape index (κ2) is 7.77. The van der Waals surface area contributed by atoms with Gasteiger partial charge in [0.1, 0.15) is 0 Å². The first-order valence-electron chi connectivity index (χ1n) is 5.87. The van der Waals surface area contributed by atoms with Gasteiger partial charge < -0.3 is 9.64 Å². The van der Waals surface area contributed by atoms with Crippen LogP contribution in [-0.2, 0) is 11.3 Å². The lowest BCUT2D eigenvalue weighted by molar-refractivity contribution is 0.244. The topological polar surface area (TPSA) is 24.8 Å². The molecule has 0 saturated heterocycles. The van der Waals surface area contributed by atoms with Crippen LogP contribution in [0, 0.1) is 0 Å². The van der Waals surface area contributed by atoms with Gasteiger partial charge in [-0.2, -0.15) is 0 Å². The van der Waals surface area contributed by atoms with Crippen molar-refractivity contribution >= 4 is 17.8 Å². The summed E-state index contributed by atoms with van der Waals surface area (Å²) in [5, 5.41) is 0.733. The SMILES string of the molecule is CCOC(C=NCc1cccc(Cl)c1)=CN(C)C. The fourth-order valence-electron chi connectivity index (χ4n) is 1.41. The third-order valence-electron chi connectivity index (χ3n) is 2.08. The van der Waals surface area contributed by atoms with Gasteiger partial charge in [-0.05, 0) is 24.6 Å². The number of hydrogen-bond acceptors (Lipinski definition) is 3. The molecule has 0 aromatic heterocycles. The third kappa shape index (κ3) is 5.73. The minimum absolute atomic E-state index is 0.596. The number of benzene rings is 1. The minimum atomic E-state index is 0.596. The lowest BCUT2D eigenvalue weighted by atomic mass is 10.2. The second-order valence-corrected chi connectivity index (χ2v) is 4.46. The second-order valence-electron chi connectivity index (χ2n) is 4.03. The van der Waals surface area contributed by atoms with Crippen molar-refractivity contribution in [3.8, 4) is 0 Å². The van der Waals surface area contributed by atoms with E-state index in [0.29, 0.717) is 13.2 Å². The van der Waals surface area contributed by atoms with Gasteiger partial charge in [-0.1, -0.05) is 23.7 Å². The average Bonchev–Trinajstić information content (AvgIpc) is 2.28. The summed E-state index contributed by atoms with van der Waals surface area (Å²) in [5.74, 6) is 0.754. The molecular weight excluding hydrogens is 248 g/mol. The minimum Gasteiger partial charge on any atom is -0.491 e. The van der Waals surface area contributed by atoms with Gasteiger partial charge >= 0.3 is 0 Å². The standard InChI is InChI=1S/C14H19ClN2O/c1-4-18-14(11-17(2)3)10-16-9-12-6-5-7-13(15)8-12/h5-8,10-11H,4,9H2,1-3H3. The zero-order valence-corrected chi connectivity index (χ0v) is 11.8. The van der Waals surface area contributed by atoms with Crippen molar-refractivity contribution in [2.45, 2.75) is 13.5 Å². The van der Waals surface area contributed by atoms with Crippen LogP contribution in [0.25, 0.3) is 0 Å². The van der Waals surface area contributed by atoms with Gasteiger partial charge in [-0.25, -0.2) is 0 Å². The van der Waals surface area contributed by atoms with E-state index in [4.69, 9.17) is 16.3 Å². The van der Waals surface area contributed by atoms with E-state index >= 15 is 0 Å². The first-order valence-corrected chi connectivity index (χ1v) is 6.25. The van der Waals surface area contributed by atoms with Crippen LogP contribution >= 0.6 is 11.6 Å². The number of aliphatic imine (C=N–C) groups is 1. The monoisotopic (exact) mass is 266 g/mol. The van der Waals surface area contributed by atoms with Crippen LogP contribution in [0.5, 0.6) is 0 Å². The summed E-state index contributed by atoms with van der Waals surface area (Å²) in [5.41, 5.74) is 1.08. The zero-order chi connectivity index (χ0) is 13.4. The molecule has 0 N–H and O–H groups in total. The fraction of sp³-hybridized carbons (Fsp3) is 0.357. The van der Waals surface area contributed by atoms with Crippen molar-refractivity contribution in [1.29, 1.82) is 0 Å². The summed E-state index contributed by atoms with van der Waals surface area (Å²) in [6.07, 6.45) is 3.63. The van der Waals surface area contributed by atoms with E-state index in [-0.39, 0.29) is 0 Å². The highest BCUT2D eigenvalue weighted by Crippen LogP contribution is 2.11. The number of hydrogen-bond donors (Lipinski definition) is 0. The summed E-state index contributed by atoms with van der Waals surface area (Å²) < 4.78 is 5.46. The molecule has 0 heterocycles. The maximum Gasteiger partial charge on any atom is 0.152 e. The van der Waals surface area contributed by atoms with Crippen molar-refractivity contribution in [3.63, 3.8) is 0 Å². The summed E-state index contributed by atoms with van der Waals surface area (Å²) in [4.78, 5) is 6.28. The summed E-state index contributed by atoms with van der Waals surface area (Å²) in [6, 6.07) is 7.69. The zero-order valence-electron chi connectivity index (χ0n) is 11.1. The molecule has 0 aliphatic rings. The molecule has 1 aromatic carbocycles. The molecule has 0 bridgehead atoms. The van der Waals surface area contributed by atoms with Gasteiger partial charge in [0.15, 0.2) is 5.76 Å². The quantitative estimate of drug-likeness (QED) is 0.583. The van der Waals surface area contributed by atoms with E-state index in [1.807, 2.05) is 56.4 Å². The molecule has 0 radical (unpaired) electrons. The molecule has 0 spiro atoms. The Morgan fingerprint density at radius 1 is 1.44 bits per heavy atom. The smallest absolute Gasteiger partial charge is 0.152 e. The lowest BCUT2D eigenvalue weighted by Crippen LogP contribution is -2.05. The van der Waals surface area contributed by atoms with E-state index in [0.717, 1.165) is 16.3 Å². The molecule has 3 nitrogen and oxygen atoms in total. The van der Waals surface area contributed by atoms with Crippen LogP contribution in [0.15, 0.2) is 41.2 Å². The largest absolute Gasteiger partial charge is 0.491 e. The van der Waals surface area contributed by atoms with Crippen molar-refractivity contribution < 1.29 is 4.74 Å². The van der Waals surface area contributed by atoms with E-state index in [2.05, 4.69) is 4.99 Å². The van der Waals surface area contributed by atoms with Gasteiger partial charge in [0.05, 0.1) is 19.4 Å². The molecule has 0 saturated carbocycles. The Kier molecular flexibility index (Phi) is 6.29. The summed E-state index contributed by atoms with van der Waals surface area (Å²) in [7, 11) is 3.90. The number of halogens is 1.